The summed E-state index contributed by atoms with van der Waals surface area (Å²) < 4.78 is 22.7. The molecule has 0 amide bonds. The molecule has 0 bridgehead atoms. The number of methoxy groups -OCH3 is 1. The second kappa shape index (κ2) is 4.99. The summed E-state index contributed by atoms with van der Waals surface area (Å²) in [6.07, 6.45) is -6.63. The molecule has 5 atom stereocenters. The van der Waals surface area contributed by atoms with Crippen molar-refractivity contribution >= 4 is 0 Å². The van der Waals surface area contributed by atoms with Crippen molar-refractivity contribution in [3.8, 4) is 0 Å². The Morgan fingerprint density at radius 3 is 2.64 bits per heavy atom. The van der Waals surface area contributed by atoms with Crippen LogP contribution in [0.5, 0.6) is 0 Å². The summed E-state index contributed by atoms with van der Waals surface area (Å²) in [6, 6.07) is 0. The zero-order valence-corrected chi connectivity index (χ0v) is 7.84. The predicted molar refractivity (Wildman–Crippen MR) is 44.5 cm³/mol. The molecule has 1 fully saturated rings. The lowest BCUT2D eigenvalue weighted by atomic mass is 9.97. The van der Waals surface area contributed by atoms with Crippen LogP contribution in [0.4, 0.5) is 4.39 Å². The van der Waals surface area contributed by atoms with Crippen molar-refractivity contribution in [1.82, 2.24) is 0 Å². The number of aliphatic hydroxyl groups is 3. The molecule has 1 rings (SSSR count). The molecular weight excluding hydrogens is 195 g/mol. The van der Waals surface area contributed by atoms with E-state index in [9.17, 15) is 14.6 Å². The van der Waals surface area contributed by atoms with Gasteiger partial charge in [-0.1, -0.05) is 0 Å². The van der Waals surface area contributed by atoms with Gasteiger partial charge in [-0.2, -0.15) is 0 Å². The van der Waals surface area contributed by atoms with E-state index in [0.717, 1.165) is 0 Å². The molecule has 0 spiro atoms. The Kier molecular flexibility index (Phi) is 4.21. The van der Waals surface area contributed by atoms with Crippen LogP contribution < -0.4 is 0 Å². The molecule has 0 radical (unpaired) electrons. The van der Waals surface area contributed by atoms with Crippen LogP contribution in [0.25, 0.3) is 0 Å². The number of hydrogen-bond donors (Lipinski definition) is 3. The summed E-state index contributed by atoms with van der Waals surface area (Å²) in [5, 5.41) is 27.7. The first-order chi connectivity index (χ1) is 6.57. The zero-order valence-electron chi connectivity index (χ0n) is 7.84. The topological polar surface area (TPSA) is 79.2 Å². The molecule has 1 aliphatic heterocycles. The Morgan fingerprint density at radius 2 is 2.07 bits per heavy atom. The van der Waals surface area contributed by atoms with Crippen molar-refractivity contribution in [3.63, 3.8) is 0 Å². The van der Waals surface area contributed by atoms with Crippen LogP contribution in [0, 0.1) is 0 Å². The Bertz CT molecular complexity index is 179. The SMILES string of the molecule is COC[C@H](F)C1OCC(O)C(O)[C@@H]1O. The third kappa shape index (κ3) is 2.40. The largest absolute Gasteiger partial charge is 0.388 e. The number of ether oxygens (including phenoxy) is 2. The van der Waals surface area contributed by atoms with E-state index in [1.807, 2.05) is 0 Å². The summed E-state index contributed by atoms with van der Waals surface area (Å²) in [6.45, 7) is -0.405. The molecule has 1 aliphatic rings. The van der Waals surface area contributed by atoms with E-state index in [1.165, 1.54) is 7.11 Å². The van der Waals surface area contributed by atoms with Crippen LogP contribution in [0.15, 0.2) is 0 Å². The van der Waals surface area contributed by atoms with Crippen LogP contribution in [0.1, 0.15) is 0 Å². The lowest BCUT2D eigenvalue weighted by molar-refractivity contribution is -0.206. The molecule has 3 N–H and O–H groups in total. The summed E-state index contributed by atoms with van der Waals surface area (Å²) in [5.41, 5.74) is 0. The van der Waals surface area contributed by atoms with Gasteiger partial charge in [0.2, 0.25) is 0 Å². The summed E-state index contributed by atoms with van der Waals surface area (Å²) in [5.74, 6) is 0. The van der Waals surface area contributed by atoms with Gasteiger partial charge in [0, 0.05) is 7.11 Å². The van der Waals surface area contributed by atoms with E-state index in [1.54, 1.807) is 0 Å². The molecule has 6 heteroatoms. The van der Waals surface area contributed by atoms with Gasteiger partial charge in [-0.25, -0.2) is 4.39 Å². The fourth-order valence-corrected chi connectivity index (χ4v) is 1.40. The Hall–Kier alpha value is -0.270. The molecule has 0 aliphatic carbocycles. The predicted octanol–water partition coefficient (Wildman–Crippen LogP) is -1.55. The lowest BCUT2D eigenvalue weighted by Crippen LogP contribution is -2.56. The van der Waals surface area contributed by atoms with Crippen LogP contribution in [-0.4, -0.2) is 66.2 Å². The highest BCUT2D eigenvalue weighted by atomic mass is 19.1. The van der Waals surface area contributed by atoms with E-state index in [2.05, 4.69) is 4.74 Å². The molecule has 0 aromatic heterocycles. The van der Waals surface area contributed by atoms with E-state index in [0.29, 0.717) is 0 Å². The fourth-order valence-electron chi connectivity index (χ4n) is 1.40. The van der Waals surface area contributed by atoms with Crippen molar-refractivity contribution in [1.29, 1.82) is 0 Å². The number of alkyl halides is 1. The van der Waals surface area contributed by atoms with Crippen molar-refractivity contribution < 1.29 is 29.2 Å². The highest BCUT2D eigenvalue weighted by Gasteiger charge is 2.41. The molecule has 0 aromatic carbocycles. The van der Waals surface area contributed by atoms with Gasteiger partial charge in [-0.3, -0.25) is 0 Å². The van der Waals surface area contributed by atoms with E-state index >= 15 is 0 Å². The molecule has 5 nitrogen and oxygen atoms in total. The minimum Gasteiger partial charge on any atom is -0.388 e. The van der Waals surface area contributed by atoms with Crippen molar-refractivity contribution in [2.45, 2.75) is 30.6 Å². The number of rotatable bonds is 3. The van der Waals surface area contributed by atoms with Gasteiger partial charge in [0.25, 0.3) is 0 Å². The standard InChI is InChI=1S/C8H15FO5/c1-13-2-4(9)8-7(12)6(11)5(10)3-14-8/h4-8,10-12H,2-3H2,1H3/t4-,5?,6?,7-,8?/m0/s1. The lowest BCUT2D eigenvalue weighted by Gasteiger charge is -2.36. The fraction of sp³-hybridized carbons (Fsp3) is 1.00. The van der Waals surface area contributed by atoms with Crippen LogP contribution in [0.3, 0.4) is 0 Å². The molecular formula is C8H15FO5. The summed E-state index contributed by atoms with van der Waals surface area (Å²) in [4.78, 5) is 0. The average molecular weight is 210 g/mol. The van der Waals surface area contributed by atoms with E-state index in [-0.39, 0.29) is 13.2 Å². The van der Waals surface area contributed by atoms with Crippen LogP contribution >= 0.6 is 0 Å². The van der Waals surface area contributed by atoms with Crippen molar-refractivity contribution in [2.75, 3.05) is 20.3 Å². The maximum Gasteiger partial charge on any atom is 0.152 e. The number of halogens is 1. The first-order valence-electron chi connectivity index (χ1n) is 4.36. The molecule has 1 saturated heterocycles. The molecule has 3 unspecified atom stereocenters. The molecule has 84 valence electrons. The van der Waals surface area contributed by atoms with Gasteiger partial charge >= 0.3 is 0 Å². The first kappa shape index (κ1) is 11.8. The number of aliphatic hydroxyl groups excluding tert-OH is 3. The molecule has 0 saturated carbocycles. The summed E-state index contributed by atoms with van der Waals surface area (Å²) >= 11 is 0. The zero-order chi connectivity index (χ0) is 10.7. The molecule has 1 heterocycles. The minimum absolute atomic E-state index is 0.187. The molecule has 0 aromatic rings. The third-order valence-electron chi connectivity index (χ3n) is 2.22. The van der Waals surface area contributed by atoms with Gasteiger partial charge in [0.05, 0.1) is 13.2 Å². The highest BCUT2D eigenvalue weighted by molar-refractivity contribution is 4.90. The van der Waals surface area contributed by atoms with Gasteiger partial charge in [-0.15, -0.1) is 0 Å². The van der Waals surface area contributed by atoms with Gasteiger partial charge in [0.15, 0.2) is 6.17 Å². The van der Waals surface area contributed by atoms with E-state index in [4.69, 9.17) is 9.84 Å². The summed E-state index contributed by atoms with van der Waals surface area (Å²) in [7, 11) is 1.33. The Morgan fingerprint density at radius 1 is 1.43 bits per heavy atom. The van der Waals surface area contributed by atoms with Gasteiger partial charge in [-0.05, 0) is 0 Å². The normalized spacial score (nSPS) is 40.9. The Labute approximate surface area is 81.1 Å². The van der Waals surface area contributed by atoms with Crippen molar-refractivity contribution in [2.24, 2.45) is 0 Å². The average Bonchev–Trinajstić information content (AvgIpc) is 2.15. The highest BCUT2D eigenvalue weighted by Crippen LogP contribution is 2.20. The second-order valence-corrected chi connectivity index (χ2v) is 3.32. The number of hydrogen-bond acceptors (Lipinski definition) is 5. The van der Waals surface area contributed by atoms with Gasteiger partial charge < -0.3 is 24.8 Å². The van der Waals surface area contributed by atoms with Crippen LogP contribution in [0.2, 0.25) is 0 Å². The first-order valence-corrected chi connectivity index (χ1v) is 4.36. The maximum absolute atomic E-state index is 13.2. The van der Waals surface area contributed by atoms with E-state index < -0.39 is 30.6 Å². The minimum atomic E-state index is -1.52. The maximum atomic E-state index is 13.2. The smallest absolute Gasteiger partial charge is 0.152 e. The van der Waals surface area contributed by atoms with Crippen LogP contribution in [-0.2, 0) is 9.47 Å². The second-order valence-electron chi connectivity index (χ2n) is 3.32. The van der Waals surface area contributed by atoms with Gasteiger partial charge in [0.1, 0.15) is 24.4 Å². The molecule has 14 heavy (non-hydrogen) atoms. The van der Waals surface area contributed by atoms with Crippen molar-refractivity contribution in [3.05, 3.63) is 0 Å². The third-order valence-corrected chi connectivity index (χ3v) is 2.22. The quantitative estimate of drug-likeness (QED) is 0.525. The Balaban J connectivity index is 2.53. The monoisotopic (exact) mass is 210 g/mol.